The largest absolute Gasteiger partial charge is 0.468 e. The second-order valence-electron chi connectivity index (χ2n) is 4.17. The van der Waals surface area contributed by atoms with Crippen molar-refractivity contribution in [1.82, 2.24) is 4.72 Å². The number of halogens is 2. The van der Waals surface area contributed by atoms with Gasteiger partial charge >= 0.3 is 0 Å². The van der Waals surface area contributed by atoms with E-state index in [-0.39, 0.29) is 5.69 Å². The molecule has 0 fully saturated rings. The van der Waals surface area contributed by atoms with Gasteiger partial charge in [0.1, 0.15) is 17.4 Å². The van der Waals surface area contributed by atoms with Gasteiger partial charge in [-0.2, -0.15) is 0 Å². The molecule has 8 heteroatoms. The van der Waals surface area contributed by atoms with Crippen molar-refractivity contribution in [2.24, 2.45) is 0 Å². The van der Waals surface area contributed by atoms with E-state index in [0.717, 1.165) is 12.1 Å². The van der Waals surface area contributed by atoms with E-state index in [4.69, 9.17) is 10.2 Å². The third kappa shape index (κ3) is 2.81. The van der Waals surface area contributed by atoms with Crippen LogP contribution in [-0.2, 0) is 10.0 Å². The van der Waals surface area contributed by atoms with Crippen molar-refractivity contribution >= 4 is 15.7 Å². The second kappa shape index (κ2) is 5.22. The summed E-state index contributed by atoms with van der Waals surface area (Å²) in [5, 5.41) is 0. The summed E-state index contributed by atoms with van der Waals surface area (Å²) in [7, 11) is -4.38. The molecule has 0 saturated carbocycles. The lowest BCUT2D eigenvalue weighted by atomic mass is 10.3. The molecule has 20 heavy (non-hydrogen) atoms. The number of furan rings is 1. The molecule has 1 aromatic heterocycles. The maximum atomic E-state index is 13.6. The summed E-state index contributed by atoms with van der Waals surface area (Å²) in [6, 6.07) is 3.84. The third-order valence-electron chi connectivity index (χ3n) is 2.59. The molecule has 0 amide bonds. The number of sulfonamides is 1. The van der Waals surface area contributed by atoms with Crippen molar-refractivity contribution in [2.75, 3.05) is 5.73 Å². The Kier molecular flexibility index (Phi) is 3.78. The Morgan fingerprint density at radius 3 is 2.40 bits per heavy atom. The minimum atomic E-state index is -4.38. The summed E-state index contributed by atoms with van der Waals surface area (Å²) in [5.74, 6) is -2.17. The fourth-order valence-corrected chi connectivity index (χ4v) is 3.05. The minimum Gasteiger partial charge on any atom is -0.468 e. The van der Waals surface area contributed by atoms with Gasteiger partial charge in [-0.05, 0) is 31.2 Å². The molecule has 0 spiro atoms. The number of anilines is 1. The maximum Gasteiger partial charge on any atom is 0.247 e. The van der Waals surface area contributed by atoms with Gasteiger partial charge in [-0.15, -0.1) is 0 Å². The predicted molar refractivity (Wildman–Crippen MR) is 68.2 cm³/mol. The van der Waals surface area contributed by atoms with Crippen LogP contribution in [0.25, 0.3) is 0 Å². The van der Waals surface area contributed by atoms with E-state index >= 15 is 0 Å². The first-order valence-corrected chi connectivity index (χ1v) is 7.10. The highest BCUT2D eigenvalue weighted by Gasteiger charge is 2.27. The zero-order chi connectivity index (χ0) is 14.9. The number of nitrogens with two attached hydrogens (primary N) is 1. The fourth-order valence-electron chi connectivity index (χ4n) is 1.72. The molecule has 108 valence electrons. The molecular weight excluding hydrogens is 290 g/mol. The number of hydrogen-bond acceptors (Lipinski definition) is 4. The van der Waals surface area contributed by atoms with Crippen LogP contribution in [0.2, 0.25) is 0 Å². The SMILES string of the molecule is CC(NS(=O)(=O)c1c(F)cc(N)cc1F)c1ccco1. The molecule has 0 saturated heterocycles. The molecule has 0 bridgehead atoms. The number of hydrogen-bond donors (Lipinski definition) is 2. The van der Waals surface area contributed by atoms with Crippen molar-refractivity contribution in [3.8, 4) is 0 Å². The summed E-state index contributed by atoms with van der Waals surface area (Å²) in [4.78, 5) is -1.06. The van der Waals surface area contributed by atoms with Crippen LogP contribution in [0.15, 0.2) is 39.8 Å². The first kappa shape index (κ1) is 14.5. The predicted octanol–water partition coefficient (Wildman–Crippen LogP) is 2.18. The molecule has 0 aliphatic rings. The van der Waals surface area contributed by atoms with Crippen molar-refractivity contribution in [2.45, 2.75) is 17.9 Å². The molecule has 3 N–H and O–H groups in total. The van der Waals surface area contributed by atoms with Crippen LogP contribution >= 0.6 is 0 Å². The molecular formula is C12H12F2N2O3S. The van der Waals surface area contributed by atoms with E-state index in [2.05, 4.69) is 4.72 Å². The second-order valence-corrected chi connectivity index (χ2v) is 5.82. The Labute approximate surface area is 114 Å². The number of benzene rings is 1. The highest BCUT2D eigenvalue weighted by molar-refractivity contribution is 7.89. The van der Waals surface area contributed by atoms with E-state index in [1.54, 1.807) is 12.1 Å². The monoisotopic (exact) mass is 302 g/mol. The van der Waals surface area contributed by atoms with Gasteiger partial charge in [-0.25, -0.2) is 21.9 Å². The number of nitrogen functional groups attached to an aromatic ring is 1. The lowest BCUT2D eigenvalue weighted by Crippen LogP contribution is -2.28. The highest BCUT2D eigenvalue weighted by Crippen LogP contribution is 2.24. The van der Waals surface area contributed by atoms with E-state index in [9.17, 15) is 17.2 Å². The molecule has 2 rings (SSSR count). The standard InChI is InChI=1S/C12H12F2N2O3S/c1-7(11-3-2-4-19-11)16-20(17,18)12-9(13)5-8(15)6-10(12)14/h2-7,16H,15H2,1H3. The molecule has 0 radical (unpaired) electrons. The molecule has 1 atom stereocenters. The van der Waals surface area contributed by atoms with Gasteiger partial charge in [0.15, 0.2) is 4.90 Å². The molecule has 5 nitrogen and oxygen atoms in total. The molecule has 2 aromatic rings. The van der Waals surface area contributed by atoms with Crippen LogP contribution in [-0.4, -0.2) is 8.42 Å². The topological polar surface area (TPSA) is 85.3 Å². The first-order chi connectivity index (χ1) is 9.31. The van der Waals surface area contributed by atoms with Gasteiger partial charge in [0.2, 0.25) is 10.0 Å². The van der Waals surface area contributed by atoms with Crippen LogP contribution < -0.4 is 10.5 Å². The molecule has 0 aliphatic heterocycles. The van der Waals surface area contributed by atoms with Crippen LogP contribution in [0.3, 0.4) is 0 Å². The van der Waals surface area contributed by atoms with Crippen LogP contribution in [0, 0.1) is 11.6 Å². The van der Waals surface area contributed by atoms with Gasteiger partial charge in [0, 0.05) is 5.69 Å². The molecule has 1 heterocycles. The van der Waals surface area contributed by atoms with Crippen molar-refractivity contribution in [3.63, 3.8) is 0 Å². The normalized spacial score (nSPS) is 13.3. The Morgan fingerprint density at radius 1 is 1.30 bits per heavy atom. The average Bonchev–Trinajstić information content (AvgIpc) is 2.78. The quantitative estimate of drug-likeness (QED) is 0.848. The molecule has 1 aromatic carbocycles. The van der Waals surface area contributed by atoms with Gasteiger partial charge < -0.3 is 10.2 Å². The van der Waals surface area contributed by atoms with Crippen molar-refractivity contribution in [1.29, 1.82) is 0 Å². The fraction of sp³-hybridized carbons (Fsp3) is 0.167. The summed E-state index contributed by atoms with van der Waals surface area (Å²) < 4.78 is 58.5. The Morgan fingerprint density at radius 2 is 1.90 bits per heavy atom. The number of nitrogens with one attached hydrogen (secondary N) is 1. The molecule has 1 unspecified atom stereocenters. The highest BCUT2D eigenvalue weighted by atomic mass is 32.2. The maximum absolute atomic E-state index is 13.6. The summed E-state index contributed by atoms with van der Waals surface area (Å²) in [6.45, 7) is 1.49. The van der Waals surface area contributed by atoms with E-state index in [1.807, 2.05) is 0 Å². The minimum absolute atomic E-state index is 0.196. The zero-order valence-electron chi connectivity index (χ0n) is 10.4. The van der Waals surface area contributed by atoms with E-state index in [1.165, 1.54) is 13.2 Å². The van der Waals surface area contributed by atoms with Gasteiger partial charge in [-0.3, -0.25) is 0 Å². The van der Waals surface area contributed by atoms with Gasteiger partial charge in [0.05, 0.1) is 12.3 Å². The Balaban J connectivity index is 2.37. The zero-order valence-corrected chi connectivity index (χ0v) is 11.2. The third-order valence-corrected chi connectivity index (χ3v) is 4.18. The van der Waals surface area contributed by atoms with Gasteiger partial charge in [0.25, 0.3) is 0 Å². The average molecular weight is 302 g/mol. The summed E-state index contributed by atoms with van der Waals surface area (Å²) in [5.41, 5.74) is 5.04. The number of rotatable bonds is 4. The summed E-state index contributed by atoms with van der Waals surface area (Å²) in [6.07, 6.45) is 1.37. The molecule has 0 aliphatic carbocycles. The van der Waals surface area contributed by atoms with Crippen LogP contribution in [0.4, 0.5) is 14.5 Å². The Hall–Kier alpha value is -1.93. The Bertz CT molecular complexity index is 691. The first-order valence-electron chi connectivity index (χ1n) is 5.61. The van der Waals surface area contributed by atoms with Gasteiger partial charge in [-0.1, -0.05) is 0 Å². The van der Waals surface area contributed by atoms with E-state index in [0.29, 0.717) is 5.76 Å². The summed E-state index contributed by atoms with van der Waals surface area (Å²) >= 11 is 0. The van der Waals surface area contributed by atoms with Crippen LogP contribution in [0.1, 0.15) is 18.7 Å². The lowest BCUT2D eigenvalue weighted by Gasteiger charge is -2.13. The van der Waals surface area contributed by atoms with Crippen molar-refractivity contribution < 1.29 is 21.6 Å². The smallest absolute Gasteiger partial charge is 0.247 e. The van der Waals surface area contributed by atoms with Crippen LogP contribution in [0.5, 0.6) is 0 Å². The lowest BCUT2D eigenvalue weighted by molar-refractivity contribution is 0.455. The van der Waals surface area contributed by atoms with E-state index < -0.39 is 32.6 Å². The van der Waals surface area contributed by atoms with Crippen molar-refractivity contribution in [3.05, 3.63) is 47.9 Å².